The number of hydrogen-bond acceptors (Lipinski definition) is 6. The van der Waals surface area contributed by atoms with E-state index >= 15 is 0 Å². The second-order valence-corrected chi connectivity index (χ2v) is 6.59. The molecule has 0 amide bonds. The predicted molar refractivity (Wildman–Crippen MR) is 113 cm³/mol. The average Bonchev–Trinajstić information content (AvgIpc) is 2.82. The fourth-order valence-electron chi connectivity index (χ4n) is 2.88. The Bertz CT molecular complexity index is 1330. The number of halogens is 2. The van der Waals surface area contributed by atoms with Gasteiger partial charge in [-0.15, -0.1) is 0 Å². The summed E-state index contributed by atoms with van der Waals surface area (Å²) < 4.78 is 34.6. The van der Waals surface area contributed by atoms with Gasteiger partial charge in [-0.05, 0) is 59.7 Å². The molecule has 0 spiro atoms. The van der Waals surface area contributed by atoms with E-state index in [1.54, 1.807) is 48.5 Å². The molecule has 1 heterocycles. The van der Waals surface area contributed by atoms with E-state index in [0.717, 1.165) is 12.1 Å². The fraction of sp³-hybridized carbons (Fsp3) is 0. The molecule has 1 aromatic heterocycles. The molecule has 0 aliphatic rings. The lowest BCUT2D eigenvalue weighted by Crippen LogP contribution is -2.00. The van der Waals surface area contributed by atoms with Crippen molar-refractivity contribution in [3.63, 3.8) is 0 Å². The standard InChI is InChI=1S/C24H13F2N5O/c25-20-11-18(17-5-1-15(13-27)2-6-17)12-21(26)23(20)32-22-9-10-29-24(31-22)30-19-7-3-16(14-28)4-8-19/h1-12H,(H,29,30,31). The van der Waals surface area contributed by atoms with Gasteiger partial charge >= 0.3 is 0 Å². The zero-order valence-electron chi connectivity index (χ0n) is 16.4. The minimum absolute atomic E-state index is 0.0555. The Hall–Kier alpha value is -4.82. The number of anilines is 2. The molecule has 0 radical (unpaired) electrons. The first kappa shape index (κ1) is 20.5. The van der Waals surface area contributed by atoms with E-state index in [1.807, 2.05) is 12.1 Å². The molecule has 0 bridgehead atoms. The largest absolute Gasteiger partial charge is 0.433 e. The molecule has 0 fully saturated rings. The highest BCUT2D eigenvalue weighted by molar-refractivity contribution is 5.65. The number of hydrogen-bond donors (Lipinski definition) is 1. The normalized spacial score (nSPS) is 10.1. The Balaban J connectivity index is 1.55. The van der Waals surface area contributed by atoms with E-state index in [4.69, 9.17) is 15.3 Å². The Labute approximate surface area is 182 Å². The maximum Gasteiger partial charge on any atom is 0.230 e. The van der Waals surface area contributed by atoms with Crippen LogP contribution in [0.15, 0.2) is 72.9 Å². The predicted octanol–water partition coefficient (Wildman–Crippen LogP) is 5.70. The van der Waals surface area contributed by atoms with E-state index in [0.29, 0.717) is 27.9 Å². The maximum atomic E-state index is 14.6. The van der Waals surface area contributed by atoms with Gasteiger partial charge < -0.3 is 10.1 Å². The van der Waals surface area contributed by atoms with Crippen LogP contribution in [-0.2, 0) is 0 Å². The van der Waals surface area contributed by atoms with Crippen molar-refractivity contribution in [3.8, 4) is 34.9 Å². The van der Waals surface area contributed by atoms with Gasteiger partial charge in [-0.2, -0.15) is 15.5 Å². The number of benzene rings is 3. The summed E-state index contributed by atoms with van der Waals surface area (Å²) in [6, 6.07) is 20.7. The van der Waals surface area contributed by atoms with Crippen LogP contribution >= 0.6 is 0 Å². The lowest BCUT2D eigenvalue weighted by molar-refractivity contribution is 0.396. The van der Waals surface area contributed by atoms with Gasteiger partial charge in [-0.25, -0.2) is 13.8 Å². The van der Waals surface area contributed by atoms with Crippen molar-refractivity contribution in [2.45, 2.75) is 0 Å². The molecule has 4 rings (SSSR count). The summed E-state index contributed by atoms with van der Waals surface area (Å²) in [5, 5.41) is 20.7. The van der Waals surface area contributed by atoms with Crippen molar-refractivity contribution < 1.29 is 13.5 Å². The highest BCUT2D eigenvalue weighted by atomic mass is 19.1. The van der Waals surface area contributed by atoms with Gasteiger partial charge in [0.1, 0.15) is 0 Å². The third-order valence-corrected chi connectivity index (χ3v) is 4.45. The van der Waals surface area contributed by atoms with Gasteiger partial charge in [-0.1, -0.05) is 12.1 Å². The summed E-state index contributed by atoms with van der Waals surface area (Å²) >= 11 is 0. The van der Waals surface area contributed by atoms with Gasteiger partial charge in [0.25, 0.3) is 0 Å². The van der Waals surface area contributed by atoms with Crippen LogP contribution in [0.1, 0.15) is 11.1 Å². The third-order valence-electron chi connectivity index (χ3n) is 4.45. The zero-order chi connectivity index (χ0) is 22.5. The number of ether oxygens (including phenoxy) is 1. The van der Waals surface area contributed by atoms with Gasteiger partial charge in [0.15, 0.2) is 11.6 Å². The Morgan fingerprint density at radius 3 is 1.97 bits per heavy atom. The summed E-state index contributed by atoms with van der Waals surface area (Å²) in [5.74, 6) is -2.29. The highest BCUT2D eigenvalue weighted by Crippen LogP contribution is 2.32. The number of aromatic nitrogens is 2. The molecule has 0 saturated heterocycles. The van der Waals surface area contributed by atoms with Crippen molar-refractivity contribution in [3.05, 3.63) is 95.7 Å². The number of nitrogens with zero attached hydrogens (tertiary/aromatic N) is 4. The zero-order valence-corrected chi connectivity index (χ0v) is 16.4. The van der Waals surface area contributed by atoms with Gasteiger partial charge in [0.05, 0.1) is 23.3 Å². The molecular formula is C24H13F2N5O. The monoisotopic (exact) mass is 425 g/mol. The summed E-state index contributed by atoms with van der Waals surface area (Å²) in [4.78, 5) is 8.17. The van der Waals surface area contributed by atoms with E-state index < -0.39 is 17.4 Å². The number of nitriles is 2. The molecule has 32 heavy (non-hydrogen) atoms. The SMILES string of the molecule is N#Cc1ccc(Nc2nccc(Oc3c(F)cc(-c4ccc(C#N)cc4)cc3F)n2)cc1. The van der Waals surface area contributed by atoms with Crippen LogP contribution in [-0.4, -0.2) is 9.97 Å². The second kappa shape index (κ2) is 8.90. The molecule has 0 atom stereocenters. The molecule has 0 unspecified atom stereocenters. The first-order valence-electron chi connectivity index (χ1n) is 9.33. The molecule has 0 aliphatic heterocycles. The molecule has 4 aromatic rings. The van der Waals surface area contributed by atoms with Gasteiger partial charge in [0, 0.05) is 18.0 Å². The van der Waals surface area contributed by atoms with Crippen molar-refractivity contribution in [1.29, 1.82) is 10.5 Å². The molecule has 0 aliphatic carbocycles. The fourth-order valence-corrected chi connectivity index (χ4v) is 2.88. The Kier molecular flexibility index (Phi) is 5.69. The minimum Gasteiger partial charge on any atom is -0.433 e. The van der Waals surface area contributed by atoms with E-state index in [2.05, 4.69) is 15.3 Å². The number of nitrogens with one attached hydrogen (secondary N) is 1. The van der Waals surface area contributed by atoms with E-state index in [1.165, 1.54) is 12.3 Å². The average molecular weight is 425 g/mol. The van der Waals surface area contributed by atoms with Crippen LogP contribution in [0.5, 0.6) is 11.6 Å². The third kappa shape index (κ3) is 4.50. The molecule has 1 N–H and O–H groups in total. The number of rotatable bonds is 5. The summed E-state index contributed by atoms with van der Waals surface area (Å²) in [6.07, 6.45) is 1.38. The molecular weight excluding hydrogens is 412 g/mol. The van der Waals surface area contributed by atoms with Crippen molar-refractivity contribution in [1.82, 2.24) is 9.97 Å². The maximum absolute atomic E-state index is 14.6. The quantitative estimate of drug-likeness (QED) is 0.441. The first-order chi connectivity index (χ1) is 15.6. The topological polar surface area (TPSA) is 94.6 Å². The van der Waals surface area contributed by atoms with Crippen molar-refractivity contribution in [2.75, 3.05) is 5.32 Å². The van der Waals surface area contributed by atoms with E-state index in [-0.39, 0.29) is 11.8 Å². The molecule has 3 aromatic carbocycles. The summed E-state index contributed by atoms with van der Waals surface area (Å²) in [6.45, 7) is 0. The first-order valence-corrected chi connectivity index (χ1v) is 9.33. The minimum atomic E-state index is -0.899. The summed E-state index contributed by atoms with van der Waals surface area (Å²) in [5.41, 5.74) is 2.45. The second-order valence-electron chi connectivity index (χ2n) is 6.59. The van der Waals surface area contributed by atoms with Gasteiger partial charge in [0.2, 0.25) is 17.6 Å². The molecule has 6 nitrogen and oxygen atoms in total. The smallest absolute Gasteiger partial charge is 0.230 e. The highest BCUT2D eigenvalue weighted by Gasteiger charge is 2.16. The Morgan fingerprint density at radius 1 is 0.781 bits per heavy atom. The summed E-state index contributed by atoms with van der Waals surface area (Å²) in [7, 11) is 0. The van der Waals surface area contributed by atoms with Crippen LogP contribution in [0.3, 0.4) is 0 Å². The lowest BCUT2D eigenvalue weighted by atomic mass is 10.0. The molecule has 154 valence electrons. The lowest BCUT2D eigenvalue weighted by Gasteiger charge is -2.11. The van der Waals surface area contributed by atoms with Crippen molar-refractivity contribution >= 4 is 11.6 Å². The molecule has 8 heteroatoms. The van der Waals surface area contributed by atoms with Crippen LogP contribution in [0, 0.1) is 34.3 Å². The van der Waals surface area contributed by atoms with E-state index in [9.17, 15) is 8.78 Å². The van der Waals surface area contributed by atoms with Crippen LogP contribution in [0.4, 0.5) is 20.4 Å². The van der Waals surface area contributed by atoms with Crippen LogP contribution < -0.4 is 10.1 Å². The van der Waals surface area contributed by atoms with Crippen LogP contribution in [0.25, 0.3) is 11.1 Å². The van der Waals surface area contributed by atoms with Crippen LogP contribution in [0.2, 0.25) is 0 Å². The van der Waals surface area contributed by atoms with Crippen molar-refractivity contribution in [2.24, 2.45) is 0 Å². The Morgan fingerprint density at radius 2 is 1.38 bits per heavy atom. The van der Waals surface area contributed by atoms with Gasteiger partial charge in [-0.3, -0.25) is 0 Å². The molecule has 0 saturated carbocycles.